The largest absolute Gasteiger partial charge is 0.0988 e. The summed E-state index contributed by atoms with van der Waals surface area (Å²) >= 11 is 0. The number of rotatable bonds is 2. The van der Waals surface area contributed by atoms with Crippen LogP contribution in [-0.2, 0) is 0 Å². The molecule has 0 radical (unpaired) electrons. The molecule has 0 heterocycles. The van der Waals surface area contributed by atoms with Crippen molar-refractivity contribution in [1.82, 2.24) is 0 Å². The Morgan fingerprint density at radius 2 is 1.60 bits per heavy atom. The Morgan fingerprint density at radius 1 is 1.10 bits per heavy atom. The van der Waals surface area contributed by atoms with Crippen molar-refractivity contribution in [3.8, 4) is 0 Å². The Kier molecular flexibility index (Phi) is 3.78. The minimum absolute atomic E-state index is 1.22. The third kappa shape index (κ3) is 3.29. The van der Waals surface area contributed by atoms with E-state index in [9.17, 15) is 0 Å². The highest BCUT2D eigenvalue weighted by Crippen LogP contribution is 2.06. The van der Waals surface area contributed by atoms with Gasteiger partial charge >= 0.3 is 0 Å². The molecular weight excluding hydrogens is 120 g/mol. The summed E-state index contributed by atoms with van der Waals surface area (Å²) in [4.78, 5) is 0. The van der Waals surface area contributed by atoms with Gasteiger partial charge in [0.2, 0.25) is 0 Å². The number of hydrogen-bond acceptors (Lipinski definition) is 0. The molecule has 0 unspecified atom stereocenters. The molecule has 0 spiro atoms. The van der Waals surface area contributed by atoms with Gasteiger partial charge < -0.3 is 0 Å². The van der Waals surface area contributed by atoms with Crippen LogP contribution in [0.15, 0.2) is 35.5 Å². The van der Waals surface area contributed by atoms with Crippen LogP contribution in [0.4, 0.5) is 0 Å². The van der Waals surface area contributed by atoms with Crippen LogP contribution in [-0.4, -0.2) is 0 Å². The van der Waals surface area contributed by atoms with Gasteiger partial charge in [-0.2, -0.15) is 0 Å². The van der Waals surface area contributed by atoms with Gasteiger partial charge in [-0.05, 0) is 27.7 Å². The van der Waals surface area contributed by atoms with Crippen molar-refractivity contribution >= 4 is 0 Å². The lowest BCUT2D eigenvalue weighted by atomic mass is 10.1. The molecule has 0 aliphatic heterocycles. The number of allylic oxidation sites excluding steroid dienone is 5. The molecule has 0 aromatic heterocycles. The molecule has 0 N–H and O–H groups in total. The molecule has 0 aliphatic rings. The monoisotopic (exact) mass is 136 g/mol. The van der Waals surface area contributed by atoms with Crippen LogP contribution in [0.2, 0.25) is 0 Å². The van der Waals surface area contributed by atoms with Crippen LogP contribution in [0, 0.1) is 0 Å². The van der Waals surface area contributed by atoms with Gasteiger partial charge in [-0.3, -0.25) is 0 Å². The van der Waals surface area contributed by atoms with Crippen molar-refractivity contribution in [1.29, 1.82) is 0 Å². The highest BCUT2D eigenvalue weighted by atomic mass is 13.9. The first-order valence-corrected chi connectivity index (χ1v) is 3.52. The Hall–Kier alpha value is -0.780. The predicted octanol–water partition coefficient (Wildman–Crippen LogP) is 3.48. The first-order chi connectivity index (χ1) is 4.57. The van der Waals surface area contributed by atoms with Crippen LogP contribution in [0.25, 0.3) is 0 Å². The van der Waals surface area contributed by atoms with Crippen molar-refractivity contribution in [2.24, 2.45) is 0 Å². The summed E-state index contributed by atoms with van der Waals surface area (Å²) < 4.78 is 0. The molecule has 0 atom stereocenters. The fourth-order valence-corrected chi connectivity index (χ4v) is 0.545. The maximum Gasteiger partial charge on any atom is -0.0398 e. The Morgan fingerprint density at radius 3 is 1.90 bits per heavy atom. The van der Waals surface area contributed by atoms with Gasteiger partial charge in [-0.1, -0.05) is 35.5 Å². The lowest BCUT2D eigenvalue weighted by Crippen LogP contribution is -1.75. The van der Waals surface area contributed by atoms with E-state index in [2.05, 4.69) is 40.3 Å². The molecule has 0 aromatic rings. The maximum absolute atomic E-state index is 3.68. The van der Waals surface area contributed by atoms with E-state index < -0.39 is 0 Å². The fraction of sp³-hybridized carbons (Fsp3) is 0.400. The maximum atomic E-state index is 3.68. The summed E-state index contributed by atoms with van der Waals surface area (Å²) in [5, 5.41) is 0. The average Bonchev–Trinajstić information content (AvgIpc) is 1.87. The second-order valence-corrected chi connectivity index (χ2v) is 2.78. The first-order valence-electron chi connectivity index (χ1n) is 3.52. The SMILES string of the molecule is C=C/C(C)=C/C(C)=C(C)C. The Balaban J connectivity index is 4.42. The van der Waals surface area contributed by atoms with E-state index in [0.717, 1.165) is 0 Å². The van der Waals surface area contributed by atoms with E-state index in [4.69, 9.17) is 0 Å². The van der Waals surface area contributed by atoms with Crippen LogP contribution in [0.5, 0.6) is 0 Å². The molecule has 0 aliphatic carbocycles. The van der Waals surface area contributed by atoms with Gasteiger partial charge in [0.15, 0.2) is 0 Å². The lowest BCUT2D eigenvalue weighted by molar-refractivity contribution is 1.28. The van der Waals surface area contributed by atoms with Crippen molar-refractivity contribution in [3.63, 3.8) is 0 Å². The van der Waals surface area contributed by atoms with E-state index in [0.29, 0.717) is 0 Å². The van der Waals surface area contributed by atoms with Crippen molar-refractivity contribution in [2.45, 2.75) is 27.7 Å². The summed E-state index contributed by atoms with van der Waals surface area (Å²) in [6, 6.07) is 0. The smallest absolute Gasteiger partial charge is 0.0398 e. The summed E-state index contributed by atoms with van der Waals surface area (Å²) in [7, 11) is 0. The highest BCUT2D eigenvalue weighted by Gasteiger charge is 1.86. The van der Waals surface area contributed by atoms with Gasteiger partial charge in [-0.15, -0.1) is 0 Å². The molecule has 0 bridgehead atoms. The van der Waals surface area contributed by atoms with Crippen LogP contribution >= 0.6 is 0 Å². The zero-order chi connectivity index (χ0) is 8.15. The van der Waals surface area contributed by atoms with E-state index in [1.807, 2.05) is 6.08 Å². The molecule has 0 aromatic carbocycles. The van der Waals surface area contributed by atoms with E-state index in [-0.39, 0.29) is 0 Å². The van der Waals surface area contributed by atoms with Crippen LogP contribution in [0.3, 0.4) is 0 Å². The zero-order valence-electron chi connectivity index (χ0n) is 7.36. The van der Waals surface area contributed by atoms with Gasteiger partial charge in [0.05, 0.1) is 0 Å². The third-order valence-electron chi connectivity index (χ3n) is 1.55. The first kappa shape index (κ1) is 9.22. The van der Waals surface area contributed by atoms with Gasteiger partial charge in [0.1, 0.15) is 0 Å². The predicted molar refractivity (Wildman–Crippen MR) is 48.0 cm³/mol. The summed E-state index contributed by atoms with van der Waals surface area (Å²) in [5.41, 5.74) is 3.91. The second kappa shape index (κ2) is 4.10. The molecule has 0 amide bonds. The molecular formula is C10H16. The molecule has 0 heteroatoms. The van der Waals surface area contributed by atoms with Crippen molar-refractivity contribution in [3.05, 3.63) is 35.5 Å². The van der Waals surface area contributed by atoms with Crippen molar-refractivity contribution in [2.75, 3.05) is 0 Å². The topological polar surface area (TPSA) is 0 Å². The highest BCUT2D eigenvalue weighted by molar-refractivity contribution is 5.28. The average molecular weight is 136 g/mol. The molecule has 0 saturated carbocycles. The molecule has 56 valence electrons. The molecule has 10 heavy (non-hydrogen) atoms. The second-order valence-electron chi connectivity index (χ2n) is 2.78. The molecule has 0 nitrogen and oxygen atoms in total. The van der Waals surface area contributed by atoms with E-state index in [1.165, 1.54) is 16.7 Å². The Labute approximate surface area is 64.0 Å². The third-order valence-corrected chi connectivity index (χ3v) is 1.55. The summed E-state index contributed by atoms with van der Waals surface area (Å²) in [6.07, 6.45) is 4.01. The molecule has 0 rings (SSSR count). The van der Waals surface area contributed by atoms with Gasteiger partial charge in [0.25, 0.3) is 0 Å². The van der Waals surface area contributed by atoms with Gasteiger partial charge in [-0.25, -0.2) is 0 Å². The van der Waals surface area contributed by atoms with Crippen LogP contribution < -0.4 is 0 Å². The molecule has 0 fully saturated rings. The van der Waals surface area contributed by atoms with Crippen LogP contribution in [0.1, 0.15) is 27.7 Å². The fourth-order valence-electron chi connectivity index (χ4n) is 0.545. The molecule has 0 saturated heterocycles. The Bertz CT molecular complexity index is 176. The normalized spacial score (nSPS) is 11.0. The minimum atomic E-state index is 1.22. The van der Waals surface area contributed by atoms with E-state index in [1.54, 1.807) is 0 Å². The lowest BCUT2D eigenvalue weighted by Gasteiger charge is -1.96. The van der Waals surface area contributed by atoms with E-state index >= 15 is 0 Å². The van der Waals surface area contributed by atoms with Crippen molar-refractivity contribution < 1.29 is 0 Å². The quantitative estimate of drug-likeness (QED) is 0.510. The summed E-state index contributed by atoms with van der Waals surface area (Å²) in [5.74, 6) is 0. The number of hydrogen-bond donors (Lipinski definition) is 0. The standard InChI is InChI=1S/C10H16/c1-6-9(4)7-10(5)8(2)3/h6-7H,1H2,2-5H3/b9-7+. The summed E-state index contributed by atoms with van der Waals surface area (Å²) in [6.45, 7) is 12.1. The minimum Gasteiger partial charge on any atom is -0.0988 e. The zero-order valence-corrected chi connectivity index (χ0v) is 7.36. The van der Waals surface area contributed by atoms with Gasteiger partial charge in [0, 0.05) is 0 Å².